The highest BCUT2D eigenvalue weighted by molar-refractivity contribution is 4.83. The van der Waals surface area contributed by atoms with Gasteiger partial charge in [0.25, 0.3) is 0 Å². The van der Waals surface area contributed by atoms with Gasteiger partial charge in [-0.2, -0.15) is 0 Å². The zero-order chi connectivity index (χ0) is 14.1. The van der Waals surface area contributed by atoms with Crippen LogP contribution >= 0.6 is 0 Å². The first-order valence-electron chi connectivity index (χ1n) is 7.63. The van der Waals surface area contributed by atoms with Gasteiger partial charge in [-0.1, -0.05) is 13.8 Å². The van der Waals surface area contributed by atoms with Crippen LogP contribution in [0.15, 0.2) is 0 Å². The van der Waals surface area contributed by atoms with Gasteiger partial charge in [0.2, 0.25) is 0 Å². The minimum absolute atomic E-state index is 0.164. The maximum atomic E-state index is 9.47. The average Bonchev–Trinajstić information content (AvgIpc) is 2.86. The molecule has 0 aromatic carbocycles. The summed E-state index contributed by atoms with van der Waals surface area (Å²) in [5, 5.41) is 12.9. The van der Waals surface area contributed by atoms with E-state index in [0.29, 0.717) is 12.1 Å². The molecule has 4 heteroatoms. The van der Waals surface area contributed by atoms with Crippen LogP contribution in [0.2, 0.25) is 0 Å². The highest BCUT2D eigenvalue weighted by Crippen LogP contribution is 2.15. The summed E-state index contributed by atoms with van der Waals surface area (Å²) in [6, 6.07) is 0.396. The Morgan fingerprint density at radius 2 is 2.21 bits per heavy atom. The summed E-state index contributed by atoms with van der Waals surface area (Å²) in [5.74, 6) is 0. The van der Waals surface area contributed by atoms with E-state index in [4.69, 9.17) is 9.47 Å². The van der Waals surface area contributed by atoms with Crippen molar-refractivity contribution < 1.29 is 14.6 Å². The Morgan fingerprint density at radius 3 is 2.79 bits per heavy atom. The second-order valence-electron chi connectivity index (χ2n) is 6.18. The number of rotatable bonds is 10. The van der Waals surface area contributed by atoms with Gasteiger partial charge in [-0.25, -0.2) is 0 Å². The van der Waals surface area contributed by atoms with Crippen LogP contribution < -0.4 is 5.32 Å². The van der Waals surface area contributed by atoms with Gasteiger partial charge >= 0.3 is 0 Å². The number of nitrogens with one attached hydrogen (secondary N) is 1. The topological polar surface area (TPSA) is 50.7 Å². The highest BCUT2D eigenvalue weighted by atomic mass is 16.5. The van der Waals surface area contributed by atoms with Crippen LogP contribution in [-0.4, -0.2) is 49.2 Å². The molecule has 1 saturated heterocycles. The monoisotopic (exact) mass is 273 g/mol. The fraction of sp³-hybridized carbons (Fsp3) is 1.00. The van der Waals surface area contributed by atoms with Crippen LogP contribution in [0.1, 0.15) is 52.9 Å². The van der Waals surface area contributed by atoms with E-state index in [1.54, 1.807) is 0 Å². The smallest absolute Gasteiger partial charge is 0.0809 e. The van der Waals surface area contributed by atoms with Gasteiger partial charge < -0.3 is 19.9 Å². The van der Waals surface area contributed by atoms with E-state index in [9.17, 15) is 5.11 Å². The third-order valence-corrected chi connectivity index (χ3v) is 3.58. The molecule has 1 fully saturated rings. The predicted octanol–water partition coefficient (Wildman–Crippen LogP) is 2.10. The predicted molar refractivity (Wildman–Crippen MR) is 77.4 cm³/mol. The molecule has 4 nitrogen and oxygen atoms in total. The number of aliphatic hydroxyl groups is 1. The summed E-state index contributed by atoms with van der Waals surface area (Å²) < 4.78 is 11.1. The molecule has 0 aromatic rings. The molecule has 19 heavy (non-hydrogen) atoms. The first kappa shape index (κ1) is 16.9. The zero-order valence-corrected chi connectivity index (χ0v) is 12.8. The number of hydrogen-bond acceptors (Lipinski definition) is 4. The van der Waals surface area contributed by atoms with Crippen molar-refractivity contribution >= 4 is 0 Å². The zero-order valence-electron chi connectivity index (χ0n) is 12.8. The van der Waals surface area contributed by atoms with Crippen molar-refractivity contribution in [1.29, 1.82) is 0 Å². The van der Waals surface area contributed by atoms with Crippen molar-refractivity contribution in [1.82, 2.24) is 5.32 Å². The van der Waals surface area contributed by atoms with E-state index in [1.807, 2.05) is 0 Å². The molecule has 1 rings (SSSR count). The maximum Gasteiger partial charge on any atom is 0.0809 e. The largest absolute Gasteiger partial charge is 0.394 e. The van der Waals surface area contributed by atoms with Gasteiger partial charge in [0.1, 0.15) is 0 Å². The summed E-state index contributed by atoms with van der Waals surface area (Å²) in [6.07, 6.45) is 5.73. The fourth-order valence-corrected chi connectivity index (χ4v) is 2.60. The van der Waals surface area contributed by atoms with Gasteiger partial charge in [-0.3, -0.25) is 0 Å². The lowest BCUT2D eigenvalue weighted by Gasteiger charge is -2.31. The average molecular weight is 273 g/mol. The Balaban J connectivity index is 2.01. The van der Waals surface area contributed by atoms with E-state index < -0.39 is 0 Å². The van der Waals surface area contributed by atoms with Crippen LogP contribution in [0.5, 0.6) is 0 Å². The second kappa shape index (κ2) is 8.90. The van der Waals surface area contributed by atoms with E-state index >= 15 is 0 Å². The normalized spacial score (nSPS) is 22.9. The molecular weight excluding hydrogens is 242 g/mol. The first-order valence-corrected chi connectivity index (χ1v) is 7.63. The molecule has 0 amide bonds. The van der Waals surface area contributed by atoms with Crippen LogP contribution in [-0.2, 0) is 9.47 Å². The molecule has 114 valence electrons. The Labute approximate surface area is 117 Å². The Morgan fingerprint density at radius 1 is 1.42 bits per heavy atom. The van der Waals surface area contributed by atoms with Gasteiger partial charge in [0, 0.05) is 24.8 Å². The molecule has 0 spiro atoms. The van der Waals surface area contributed by atoms with Gasteiger partial charge in [0.05, 0.1) is 19.3 Å². The van der Waals surface area contributed by atoms with Crippen molar-refractivity contribution in [3.63, 3.8) is 0 Å². The molecule has 0 aliphatic carbocycles. The number of ether oxygens (including phenoxy) is 2. The maximum absolute atomic E-state index is 9.47. The molecule has 0 saturated carbocycles. The molecule has 1 aliphatic rings. The van der Waals surface area contributed by atoms with E-state index in [0.717, 1.165) is 45.5 Å². The van der Waals surface area contributed by atoms with Crippen molar-refractivity contribution in [3.05, 3.63) is 0 Å². The summed E-state index contributed by atoms with van der Waals surface area (Å²) in [7, 11) is 0. The third-order valence-electron chi connectivity index (χ3n) is 3.58. The van der Waals surface area contributed by atoms with E-state index in [1.165, 1.54) is 6.42 Å². The molecule has 0 bridgehead atoms. The van der Waals surface area contributed by atoms with E-state index in [2.05, 4.69) is 26.1 Å². The number of aliphatic hydroxyl groups excluding tert-OH is 1. The Hall–Kier alpha value is -0.160. The quantitative estimate of drug-likeness (QED) is 0.599. The highest BCUT2D eigenvalue weighted by Gasteiger charge is 2.23. The van der Waals surface area contributed by atoms with E-state index in [-0.39, 0.29) is 12.1 Å². The molecule has 2 atom stereocenters. The lowest BCUT2D eigenvalue weighted by molar-refractivity contribution is 0.0154. The Kier molecular flexibility index (Phi) is 7.91. The fourth-order valence-electron chi connectivity index (χ4n) is 2.60. The molecule has 0 radical (unpaired) electrons. The van der Waals surface area contributed by atoms with Gasteiger partial charge in [0.15, 0.2) is 0 Å². The summed E-state index contributed by atoms with van der Waals surface area (Å²) in [4.78, 5) is 0. The molecule has 2 unspecified atom stereocenters. The molecule has 1 aliphatic heterocycles. The minimum atomic E-state index is -0.164. The van der Waals surface area contributed by atoms with Crippen LogP contribution in [0.25, 0.3) is 0 Å². The number of unbranched alkanes of at least 4 members (excludes halogenated alkanes) is 1. The molecule has 1 heterocycles. The van der Waals surface area contributed by atoms with Gasteiger partial charge in [-0.15, -0.1) is 0 Å². The summed E-state index contributed by atoms with van der Waals surface area (Å²) >= 11 is 0. The summed E-state index contributed by atoms with van der Waals surface area (Å²) in [6.45, 7) is 8.91. The minimum Gasteiger partial charge on any atom is -0.394 e. The SMILES string of the molecule is CC(C)NC(C)(CO)CCCCOCC1CCCO1. The van der Waals surface area contributed by atoms with Crippen molar-refractivity contribution in [3.8, 4) is 0 Å². The first-order chi connectivity index (χ1) is 9.06. The molecule has 2 N–H and O–H groups in total. The van der Waals surface area contributed by atoms with Crippen LogP contribution in [0, 0.1) is 0 Å². The third kappa shape index (κ3) is 7.25. The van der Waals surface area contributed by atoms with Crippen molar-refractivity contribution in [2.24, 2.45) is 0 Å². The van der Waals surface area contributed by atoms with Crippen LogP contribution in [0.3, 0.4) is 0 Å². The second-order valence-corrected chi connectivity index (χ2v) is 6.18. The lowest BCUT2D eigenvalue weighted by atomic mass is 9.95. The standard InChI is InChI=1S/C15H31NO3/c1-13(2)16-15(3,12-17)8-4-5-9-18-11-14-7-6-10-19-14/h13-14,16-17H,4-12H2,1-3H3. The van der Waals surface area contributed by atoms with Crippen molar-refractivity contribution in [2.75, 3.05) is 26.4 Å². The molecular formula is C15H31NO3. The number of hydrogen-bond donors (Lipinski definition) is 2. The lowest BCUT2D eigenvalue weighted by Crippen LogP contribution is -2.49. The molecule has 0 aromatic heterocycles. The van der Waals surface area contributed by atoms with Crippen molar-refractivity contribution in [2.45, 2.75) is 70.6 Å². The van der Waals surface area contributed by atoms with Crippen LogP contribution in [0.4, 0.5) is 0 Å². The Bertz CT molecular complexity index is 229. The summed E-state index contributed by atoms with van der Waals surface area (Å²) in [5.41, 5.74) is -0.164. The van der Waals surface area contributed by atoms with Gasteiger partial charge in [-0.05, 0) is 39.0 Å².